The fourth-order valence-electron chi connectivity index (χ4n) is 2.03. The van der Waals surface area contributed by atoms with Crippen molar-refractivity contribution in [3.8, 4) is 0 Å². The van der Waals surface area contributed by atoms with E-state index in [1.807, 2.05) is 17.0 Å². The van der Waals surface area contributed by atoms with Crippen LogP contribution in [0.15, 0.2) is 18.5 Å². The van der Waals surface area contributed by atoms with Gasteiger partial charge in [0.05, 0.1) is 6.61 Å². The highest BCUT2D eigenvalue weighted by Gasteiger charge is 2.10. The predicted molar refractivity (Wildman–Crippen MR) is 77.0 cm³/mol. The van der Waals surface area contributed by atoms with Crippen LogP contribution >= 0.6 is 0 Å². The standard InChI is InChI=1S/C15H26N2O2/c1-4-7-10-19-15(18)12-17-9-8-13(11-17)14(5-2)16-6-3/h8-9,11,14,16H,4-7,10,12H2,1-3H3. The number of carbonyl (C=O) groups excluding carboxylic acids is 1. The number of aromatic nitrogens is 1. The molecule has 1 aromatic rings. The molecular weight excluding hydrogens is 240 g/mol. The van der Waals surface area contributed by atoms with E-state index in [1.54, 1.807) is 0 Å². The molecule has 0 amide bonds. The molecule has 1 unspecified atom stereocenters. The molecule has 108 valence electrons. The molecule has 1 rings (SSSR count). The molecule has 0 aliphatic rings. The highest BCUT2D eigenvalue weighted by atomic mass is 16.5. The van der Waals surface area contributed by atoms with Crippen LogP contribution in [0.2, 0.25) is 0 Å². The molecule has 0 saturated carbocycles. The van der Waals surface area contributed by atoms with E-state index in [0.717, 1.165) is 25.8 Å². The Morgan fingerprint density at radius 3 is 2.84 bits per heavy atom. The zero-order valence-electron chi connectivity index (χ0n) is 12.3. The molecule has 19 heavy (non-hydrogen) atoms. The number of unbranched alkanes of at least 4 members (excludes halogenated alkanes) is 1. The van der Waals surface area contributed by atoms with Gasteiger partial charge in [-0.05, 0) is 31.0 Å². The maximum Gasteiger partial charge on any atom is 0.325 e. The summed E-state index contributed by atoms with van der Waals surface area (Å²) < 4.78 is 7.05. The minimum absolute atomic E-state index is 0.160. The molecule has 1 aromatic heterocycles. The van der Waals surface area contributed by atoms with E-state index in [1.165, 1.54) is 5.56 Å². The topological polar surface area (TPSA) is 43.3 Å². The number of rotatable bonds is 9. The van der Waals surface area contributed by atoms with E-state index in [2.05, 4.69) is 32.2 Å². The van der Waals surface area contributed by atoms with Gasteiger partial charge < -0.3 is 14.6 Å². The lowest BCUT2D eigenvalue weighted by molar-refractivity contribution is -0.144. The monoisotopic (exact) mass is 266 g/mol. The van der Waals surface area contributed by atoms with E-state index in [4.69, 9.17) is 4.74 Å². The van der Waals surface area contributed by atoms with Crippen molar-refractivity contribution in [2.24, 2.45) is 0 Å². The third-order valence-electron chi connectivity index (χ3n) is 3.11. The number of esters is 1. The van der Waals surface area contributed by atoms with Crippen LogP contribution in [0.5, 0.6) is 0 Å². The summed E-state index contributed by atoms with van der Waals surface area (Å²) in [7, 11) is 0. The van der Waals surface area contributed by atoms with Crippen LogP contribution in [0.25, 0.3) is 0 Å². The van der Waals surface area contributed by atoms with Gasteiger partial charge in [0, 0.05) is 18.4 Å². The summed E-state index contributed by atoms with van der Waals surface area (Å²) >= 11 is 0. The van der Waals surface area contributed by atoms with Crippen molar-refractivity contribution in [3.63, 3.8) is 0 Å². The van der Waals surface area contributed by atoms with Crippen LogP contribution in [-0.2, 0) is 16.1 Å². The zero-order valence-corrected chi connectivity index (χ0v) is 12.3. The van der Waals surface area contributed by atoms with Crippen LogP contribution in [0.3, 0.4) is 0 Å². The lowest BCUT2D eigenvalue weighted by Gasteiger charge is -2.13. The fraction of sp³-hybridized carbons (Fsp3) is 0.667. The molecule has 1 N–H and O–H groups in total. The van der Waals surface area contributed by atoms with Crippen molar-refractivity contribution in [2.75, 3.05) is 13.2 Å². The van der Waals surface area contributed by atoms with Gasteiger partial charge in [-0.1, -0.05) is 27.2 Å². The third kappa shape index (κ3) is 5.47. The molecule has 0 aliphatic carbocycles. The van der Waals surface area contributed by atoms with Crippen LogP contribution in [0, 0.1) is 0 Å². The Morgan fingerprint density at radius 2 is 2.21 bits per heavy atom. The van der Waals surface area contributed by atoms with E-state index < -0.39 is 0 Å². The Balaban J connectivity index is 2.47. The summed E-state index contributed by atoms with van der Waals surface area (Å²) in [5, 5.41) is 3.43. The van der Waals surface area contributed by atoms with Crippen molar-refractivity contribution in [3.05, 3.63) is 24.0 Å². The van der Waals surface area contributed by atoms with Gasteiger partial charge in [-0.3, -0.25) is 4.79 Å². The molecular formula is C15H26N2O2. The van der Waals surface area contributed by atoms with E-state index >= 15 is 0 Å². The smallest absolute Gasteiger partial charge is 0.325 e. The van der Waals surface area contributed by atoms with E-state index in [0.29, 0.717) is 19.2 Å². The van der Waals surface area contributed by atoms with Gasteiger partial charge in [-0.25, -0.2) is 0 Å². The molecule has 0 fully saturated rings. The number of hydrogen-bond donors (Lipinski definition) is 1. The lowest BCUT2D eigenvalue weighted by atomic mass is 10.1. The van der Waals surface area contributed by atoms with Crippen LogP contribution < -0.4 is 5.32 Å². The second-order valence-electron chi connectivity index (χ2n) is 4.71. The molecule has 0 aromatic carbocycles. The van der Waals surface area contributed by atoms with Gasteiger partial charge in [0.25, 0.3) is 0 Å². The number of hydrogen-bond acceptors (Lipinski definition) is 3. The Labute approximate surface area is 116 Å². The van der Waals surface area contributed by atoms with Gasteiger partial charge in [0.2, 0.25) is 0 Å². The maximum atomic E-state index is 11.6. The normalized spacial score (nSPS) is 12.4. The van der Waals surface area contributed by atoms with Gasteiger partial charge in [-0.15, -0.1) is 0 Å². The highest BCUT2D eigenvalue weighted by Crippen LogP contribution is 2.16. The van der Waals surface area contributed by atoms with Crippen molar-refractivity contribution in [1.29, 1.82) is 0 Å². The van der Waals surface area contributed by atoms with Crippen molar-refractivity contribution in [1.82, 2.24) is 9.88 Å². The summed E-state index contributed by atoms with van der Waals surface area (Å²) in [4.78, 5) is 11.6. The first kappa shape index (κ1) is 15.8. The molecule has 0 saturated heterocycles. The molecule has 0 spiro atoms. The number of nitrogens with one attached hydrogen (secondary N) is 1. The number of nitrogens with zero attached hydrogens (tertiary/aromatic N) is 1. The Hall–Kier alpha value is -1.29. The average molecular weight is 266 g/mol. The zero-order chi connectivity index (χ0) is 14.1. The van der Waals surface area contributed by atoms with Gasteiger partial charge in [-0.2, -0.15) is 0 Å². The Kier molecular flexibility index (Phi) is 7.26. The Bertz CT molecular complexity index is 374. The van der Waals surface area contributed by atoms with Crippen molar-refractivity contribution >= 4 is 5.97 Å². The minimum Gasteiger partial charge on any atom is -0.464 e. The molecule has 0 radical (unpaired) electrons. The summed E-state index contributed by atoms with van der Waals surface area (Å²) in [5.41, 5.74) is 1.23. The van der Waals surface area contributed by atoms with E-state index in [9.17, 15) is 4.79 Å². The second kappa shape index (κ2) is 8.75. The van der Waals surface area contributed by atoms with Gasteiger partial charge in [0.15, 0.2) is 0 Å². The highest BCUT2D eigenvalue weighted by molar-refractivity contribution is 5.69. The number of carbonyl (C=O) groups is 1. The largest absolute Gasteiger partial charge is 0.464 e. The SMILES string of the molecule is CCCCOC(=O)Cn1ccc(C(CC)NCC)c1. The first-order valence-corrected chi connectivity index (χ1v) is 7.25. The molecule has 4 heteroatoms. The fourth-order valence-corrected chi connectivity index (χ4v) is 2.03. The van der Waals surface area contributed by atoms with Gasteiger partial charge >= 0.3 is 5.97 Å². The molecule has 1 heterocycles. The van der Waals surface area contributed by atoms with Gasteiger partial charge in [0.1, 0.15) is 6.54 Å². The Morgan fingerprint density at radius 1 is 1.42 bits per heavy atom. The summed E-state index contributed by atoms with van der Waals surface area (Å²) in [5.74, 6) is -0.160. The average Bonchev–Trinajstić information content (AvgIpc) is 2.84. The van der Waals surface area contributed by atoms with Crippen molar-refractivity contribution in [2.45, 2.75) is 52.6 Å². The maximum absolute atomic E-state index is 11.6. The lowest BCUT2D eigenvalue weighted by Crippen LogP contribution is -2.19. The van der Waals surface area contributed by atoms with Crippen LogP contribution in [0.1, 0.15) is 51.6 Å². The predicted octanol–water partition coefficient (Wildman–Crippen LogP) is 2.89. The minimum atomic E-state index is -0.160. The quantitative estimate of drug-likeness (QED) is 0.552. The second-order valence-corrected chi connectivity index (χ2v) is 4.71. The summed E-state index contributed by atoms with van der Waals surface area (Å²) in [6.45, 7) is 8.11. The van der Waals surface area contributed by atoms with E-state index in [-0.39, 0.29) is 5.97 Å². The third-order valence-corrected chi connectivity index (χ3v) is 3.11. The summed E-state index contributed by atoms with van der Waals surface area (Å²) in [6, 6.07) is 2.43. The molecule has 4 nitrogen and oxygen atoms in total. The van der Waals surface area contributed by atoms with Crippen LogP contribution in [0.4, 0.5) is 0 Å². The summed E-state index contributed by atoms with van der Waals surface area (Å²) in [6.07, 6.45) is 6.98. The number of ether oxygens (including phenoxy) is 1. The molecule has 0 bridgehead atoms. The first-order valence-electron chi connectivity index (χ1n) is 7.25. The van der Waals surface area contributed by atoms with Crippen molar-refractivity contribution < 1.29 is 9.53 Å². The molecule has 1 atom stereocenters. The van der Waals surface area contributed by atoms with Crippen LogP contribution in [-0.4, -0.2) is 23.7 Å². The first-order chi connectivity index (χ1) is 9.21. The molecule has 0 aliphatic heterocycles.